The van der Waals surface area contributed by atoms with Crippen molar-refractivity contribution in [3.8, 4) is 11.3 Å². The van der Waals surface area contributed by atoms with Gasteiger partial charge in [0.25, 0.3) is 0 Å². The molecule has 0 aliphatic carbocycles. The lowest BCUT2D eigenvalue weighted by Gasteiger charge is -2.06. The molecule has 1 heterocycles. The van der Waals surface area contributed by atoms with Gasteiger partial charge in [-0.2, -0.15) is 0 Å². The van der Waals surface area contributed by atoms with E-state index in [2.05, 4.69) is 39.0 Å². The summed E-state index contributed by atoms with van der Waals surface area (Å²) in [6.07, 6.45) is 1.91. The van der Waals surface area contributed by atoms with Crippen LogP contribution in [0, 0.1) is 13.8 Å². The average molecular weight is 260 g/mol. The summed E-state index contributed by atoms with van der Waals surface area (Å²) in [4.78, 5) is 6.15. The fraction of sp³-hybridized carbons (Fsp3) is 0.400. The molecule has 96 valence electrons. The first-order valence-electron chi connectivity index (χ1n) is 6.42. The maximum Gasteiger partial charge on any atom is 0.0948 e. The van der Waals surface area contributed by atoms with Gasteiger partial charge in [-0.1, -0.05) is 24.6 Å². The third-order valence-electron chi connectivity index (χ3n) is 3.07. The van der Waals surface area contributed by atoms with Gasteiger partial charge in [-0.3, -0.25) is 0 Å². The van der Waals surface area contributed by atoms with Crippen LogP contribution in [0.3, 0.4) is 0 Å². The van der Waals surface area contributed by atoms with Gasteiger partial charge >= 0.3 is 0 Å². The molecule has 2 rings (SSSR count). The highest BCUT2D eigenvalue weighted by Crippen LogP contribution is 2.31. The van der Waals surface area contributed by atoms with Crippen LogP contribution >= 0.6 is 11.3 Å². The molecule has 2 aromatic rings. The normalized spacial score (nSPS) is 10.9. The molecule has 1 aromatic carbocycles. The van der Waals surface area contributed by atoms with Gasteiger partial charge in [-0.25, -0.2) is 4.98 Å². The molecule has 2 nitrogen and oxygen atoms in total. The number of aryl methyl sites for hydroxylation is 3. The fourth-order valence-electron chi connectivity index (χ4n) is 2.07. The molecule has 18 heavy (non-hydrogen) atoms. The SMILES string of the molecule is CCc1sc(CCN)nc1-c1cc(C)ccc1C. The number of nitrogens with zero attached hydrogens (tertiary/aromatic N) is 1. The van der Waals surface area contributed by atoms with Crippen molar-refractivity contribution in [1.29, 1.82) is 0 Å². The Kier molecular flexibility index (Phi) is 4.15. The van der Waals surface area contributed by atoms with E-state index in [1.165, 1.54) is 21.6 Å². The van der Waals surface area contributed by atoms with Crippen LogP contribution in [0.1, 0.15) is 27.9 Å². The molecule has 0 unspecified atom stereocenters. The van der Waals surface area contributed by atoms with E-state index >= 15 is 0 Å². The van der Waals surface area contributed by atoms with Crippen LogP contribution in [0.4, 0.5) is 0 Å². The molecule has 3 heteroatoms. The van der Waals surface area contributed by atoms with Crippen LogP contribution < -0.4 is 5.73 Å². The zero-order valence-corrected chi connectivity index (χ0v) is 12.1. The Bertz CT molecular complexity index is 543. The van der Waals surface area contributed by atoms with Gasteiger partial charge in [0.1, 0.15) is 0 Å². The molecular formula is C15H20N2S. The van der Waals surface area contributed by atoms with E-state index < -0.39 is 0 Å². The van der Waals surface area contributed by atoms with E-state index in [4.69, 9.17) is 10.7 Å². The van der Waals surface area contributed by atoms with E-state index in [0.717, 1.165) is 23.5 Å². The Balaban J connectivity index is 2.51. The molecule has 0 spiro atoms. The second kappa shape index (κ2) is 5.63. The van der Waals surface area contributed by atoms with E-state index in [1.807, 2.05) is 0 Å². The number of hydrogen-bond acceptors (Lipinski definition) is 3. The first-order valence-corrected chi connectivity index (χ1v) is 7.23. The van der Waals surface area contributed by atoms with Gasteiger partial charge in [0.2, 0.25) is 0 Å². The van der Waals surface area contributed by atoms with Gasteiger partial charge in [-0.05, 0) is 38.4 Å². The van der Waals surface area contributed by atoms with Crippen LogP contribution in [-0.4, -0.2) is 11.5 Å². The quantitative estimate of drug-likeness (QED) is 0.914. The molecule has 0 aliphatic rings. The minimum absolute atomic E-state index is 0.670. The smallest absolute Gasteiger partial charge is 0.0948 e. The van der Waals surface area contributed by atoms with Crippen LogP contribution in [0.5, 0.6) is 0 Å². The molecule has 0 amide bonds. The number of aromatic nitrogens is 1. The van der Waals surface area contributed by atoms with Crippen LogP contribution in [0.2, 0.25) is 0 Å². The molecular weight excluding hydrogens is 240 g/mol. The third kappa shape index (κ3) is 2.62. The average Bonchev–Trinajstić information content (AvgIpc) is 2.76. The summed E-state index contributed by atoms with van der Waals surface area (Å²) in [5.41, 5.74) is 10.6. The molecule has 0 fully saturated rings. The summed E-state index contributed by atoms with van der Waals surface area (Å²) in [5.74, 6) is 0. The lowest BCUT2D eigenvalue weighted by Crippen LogP contribution is -2.02. The minimum Gasteiger partial charge on any atom is -0.330 e. The van der Waals surface area contributed by atoms with Crippen LogP contribution in [-0.2, 0) is 12.8 Å². The van der Waals surface area contributed by atoms with Crippen molar-refractivity contribution in [2.24, 2.45) is 5.73 Å². The predicted molar refractivity (Wildman–Crippen MR) is 79.2 cm³/mol. The van der Waals surface area contributed by atoms with Crippen molar-refractivity contribution >= 4 is 11.3 Å². The second-order valence-electron chi connectivity index (χ2n) is 4.59. The van der Waals surface area contributed by atoms with Gasteiger partial charge in [-0.15, -0.1) is 11.3 Å². The largest absolute Gasteiger partial charge is 0.330 e. The topological polar surface area (TPSA) is 38.9 Å². The third-order valence-corrected chi connectivity index (χ3v) is 4.33. The van der Waals surface area contributed by atoms with Crippen LogP contribution in [0.25, 0.3) is 11.3 Å². The Labute approximate surface area is 113 Å². The molecule has 2 N–H and O–H groups in total. The number of rotatable bonds is 4. The number of benzene rings is 1. The Morgan fingerprint density at radius 1 is 1.28 bits per heavy atom. The first kappa shape index (κ1) is 13.2. The van der Waals surface area contributed by atoms with E-state index in [-0.39, 0.29) is 0 Å². The van der Waals surface area contributed by atoms with Crippen molar-refractivity contribution in [2.45, 2.75) is 33.6 Å². The Morgan fingerprint density at radius 2 is 2.06 bits per heavy atom. The summed E-state index contributed by atoms with van der Waals surface area (Å²) in [5, 5.41) is 1.16. The number of nitrogens with two attached hydrogens (primary N) is 1. The molecule has 0 atom stereocenters. The van der Waals surface area contributed by atoms with E-state index in [9.17, 15) is 0 Å². The summed E-state index contributed by atoms with van der Waals surface area (Å²) in [7, 11) is 0. The maximum atomic E-state index is 5.62. The fourth-order valence-corrected chi connectivity index (χ4v) is 3.11. The molecule has 0 radical (unpaired) electrons. The van der Waals surface area contributed by atoms with Crippen molar-refractivity contribution in [2.75, 3.05) is 6.54 Å². The van der Waals surface area contributed by atoms with Gasteiger partial charge in [0.05, 0.1) is 10.7 Å². The minimum atomic E-state index is 0.670. The van der Waals surface area contributed by atoms with Crippen molar-refractivity contribution < 1.29 is 0 Å². The lowest BCUT2D eigenvalue weighted by atomic mass is 10.0. The molecule has 0 bridgehead atoms. The highest BCUT2D eigenvalue weighted by molar-refractivity contribution is 7.12. The second-order valence-corrected chi connectivity index (χ2v) is 5.76. The Morgan fingerprint density at radius 3 is 2.72 bits per heavy atom. The first-order chi connectivity index (χ1) is 8.65. The number of thiazole rings is 1. The summed E-state index contributed by atoms with van der Waals surface area (Å²) in [6.45, 7) is 7.13. The van der Waals surface area contributed by atoms with Crippen molar-refractivity contribution in [1.82, 2.24) is 4.98 Å². The predicted octanol–water partition coefficient (Wildman–Crippen LogP) is 3.49. The van der Waals surface area contributed by atoms with Crippen molar-refractivity contribution in [3.63, 3.8) is 0 Å². The number of hydrogen-bond donors (Lipinski definition) is 1. The highest BCUT2D eigenvalue weighted by Gasteiger charge is 2.13. The van der Waals surface area contributed by atoms with Gasteiger partial charge < -0.3 is 5.73 Å². The van der Waals surface area contributed by atoms with Gasteiger partial charge in [0.15, 0.2) is 0 Å². The molecule has 0 aliphatic heterocycles. The molecule has 0 saturated carbocycles. The molecule has 0 saturated heterocycles. The zero-order valence-electron chi connectivity index (χ0n) is 11.3. The summed E-state index contributed by atoms with van der Waals surface area (Å²) < 4.78 is 0. The monoisotopic (exact) mass is 260 g/mol. The molecule has 1 aromatic heterocycles. The summed E-state index contributed by atoms with van der Waals surface area (Å²) >= 11 is 1.80. The lowest BCUT2D eigenvalue weighted by molar-refractivity contribution is 0.953. The van der Waals surface area contributed by atoms with E-state index in [1.54, 1.807) is 11.3 Å². The standard InChI is InChI=1S/C15H20N2S/c1-4-13-15(17-14(18-13)7-8-16)12-9-10(2)5-6-11(12)3/h5-6,9H,4,7-8,16H2,1-3H3. The van der Waals surface area contributed by atoms with Crippen LogP contribution in [0.15, 0.2) is 18.2 Å². The Hall–Kier alpha value is -1.19. The zero-order chi connectivity index (χ0) is 13.1. The highest BCUT2D eigenvalue weighted by atomic mass is 32.1. The van der Waals surface area contributed by atoms with Gasteiger partial charge in [0, 0.05) is 16.9 Å². The summed E-state index contributed by atoms with van der Waals surface area (Å²) in [6, 6.07) is 6.56. The maximum absolute atomic E-state index is 5.62. The van der Waals surface area contributed by atoms with Crippen molar-refractivity contribution in [3.05, 3.63) is 39.2 Å². The van der Waals surface area contributed by atoms with E-state index in [0.29, 0.717) is 6.54 Å².